The Morgan fingerprint density at radius 1 is 1.32 bits per heavy atom. The van der Waals surface area contributed by atoms with Gasteiger partial charge in [-0.3, -0.25) is 0 Å². The average molecular weight is 267 g/mol. The lowest BCUT2D eigenvalue weighted by Crippen LogP contribution is -2.50. The van der Waals surface area contributed by atoms with E-state index in [0.717, 1.165) is 25.7 Å². The number of nitrogens with zero attached hydrogens (tertiary/aromatic N) is 1. The van der Waals surface area contributed by atoms with Gasteiger partial charge in [-0.25, -0.2) is 4.79 Å². The van der Waals surface area contributed by atoms with Crippen molar-refractivity contribution in [3.63, 3.8) is 0 Å². The third kappa shape index (κ3) is 3.50. The maximum absolute atomic E-state index is 12.2. The van der Waals surface area contributed by atoms with Crippen molar-refractivity contribution in [1.82, 2.24) is 4.90 Å². The van der Waals surface area contributed by atoms with Crippen molar-refractivity contribution < 1.29 is 14.3 Å². The summed E-state index contributed by atoms with van der Waals surface area (Å²) >= 11 is 0. The SMILES string of the molecule is C=CCOC1C[C@H]2CC[C@@H](C1)N2C(=O)OC(C)(C)C. The minimum Gasteiger partial charge on any atom is -0.444 e. The van der Waals surface area contributed by atoms with E-state index in [9.17, 15) is 4.79 Å². The van der Waals surface area contributed by atoms with Crippen LogP contribution in [-0.2, 0) is 9.47 Å². The molecule has 4 nitrogen and oxygen atoms in total. The molecule has 2 aliphatic rings. The molecule has 2 heterocycles. The standard InChI is InChI=1S/C15H25NO3/c1-5-8-18-13-9-11-6-7-12(10-13)16(11)14(17)19-15(2,3)4/h5,11-13H,1,6-10H2,2-4H3/t11-,12+,13?. The number of fused-ring (bicyclic) bond motifs is 2. The molecule has 19 heavy (non-hydrogen) atoms. The topological polar surface area (TPSA) is 38.8 Å². The molecule has 2 fully saturated rings. The zero-order valence-electron chi connectivity index (χ0n) is 12.2. The highest BCUT2D eigenvalue weighted by Crippen LogP contribution is 2.37. The van der Waals surface area contributed by atoms with Crippen LogP contribution in [0.5, 0.6) is 0 Å². The lowest BCUT2D eigenvalue weighted by molar-refractivity contribution is -0.0281. The van der Waals surface area contributed by atoms with Crippen LogP contribution in [0.15, 0.2) is 12.7 Å². The van der Waals surface area contributed by atoms with Gasteiger partial charge >= 0.3 is 6.09 Å². The predicted octanol–water partition coefficient (Wildman–Crippen LogP) is 3.12. The van der Waals surface area contributed by atoms with Gasteiger partial charge in [0.15, 0.2) is 0 Å². The van der Waals surface area contributed by atoms with E-state index < -0.39 is 5.60 Å². The van der Waals surface area contributed by atoms with Crippen molar-refractivity contribution in [2.45, 2.75) is 70.2 Å². The van der Waals surface area contributed by atoms with Gasteiger partial charge in [0, 0.05) is 12.1 Å². The van der Waals surface area contributed by atoms with Crippen LogP contribution in [0.4, 0.5) is 4.79 Å². The Morgan fingerprint density at radius 3 is 2.37 bits per heavy atom. The van der Waals surface area contributed by atoms with Crippen LogP contribution < -0.4 is 0 Å². The first-order chi connectivity index (χ1) is 8.90. The van der Waals surface area contributed by atoms with Crippen LogP contribution >= 0.6 is 0 Å². The fraction of sp³-hybridized carbons (Fsp3) is 0.800. The van der Waals surface area contributed by atoms with E-state index >= 15 is 0 Å². The third-order valence-electron chi connectivity index (χ3n) is 3.74. The zero-order chi connectivity index (χ0) is 14.0. The number of carbonyl (C=O) groups excluding carboxylic acids is 1. The smallest absolute Gasteiger partial charge is 0.410 e. The Balaban J connectivity index is 1.95. The normalized spacial score (nSPS) is 30.3. The summed E-state index contributed by atoms with van der Waals surface area (Å²) in [5, 5.41) is 0. The Hall–Kier alpha value is -1.03. The molecule has 1 unspecified atom stereocenters. The fourth-order valence-electron chi connectivity index (χ4n) is 3.08. The maximum atomic E-state index is 12.2. The molecule has 0 N–H and O–H groups in total. The van der Waals surface area contributed by atoms with Crippen molar-refractivity contribution >= 4 is 6.09 Å². The summed E-state index contributed by atoms with van der Waals surface area (Å²) < 4.78 is 11.2. The summed E-state index contributed by atoms with van der Waals surface area (Å²) in [6.45, 7) is 9.99. The fourth-order valence-corrected chi connectivity index (χ4v) is 3.08. The van der Waals surface area contributed by atoms with Gasteiger partial charge < -0.3 is 14.4 Å². The van der Waals surface area contributed by atoms with Crippen LogP contribution in [0.25, 0.3) is 0 Å². The monoisotopic (exact) mass is 267 g/mol. The molecule has 0 aromatic carbocycles. The van der Waals surface area contributed by atoms with E-state index in [1.54, 1.807) is 6.08 Å². The Kier molecular flexibility index (Phi) is 4.19. The van der Waals surface area contributed by atoms with Gasteiger partial charge in [-0.05, 0) is 46.5 Å². The first-order valence-electron chi connectivity index (χ1n) is 7.14. The number of piperidine rings is 1. The Morgan fingerprint density at radius 2 is 1.89 bits per heavy atom. The molecule has 2 aliphatic heterocycles. The first kappa shape index (κ1) is 14.4. The Bertz CT molecular complexity index is 334. The van der Waals surface area contributed by atoms with Gasteiger partial charge in [0.1, 0.15) is 5.60 Å². The highest BCUT2D eigenvalue weighted by Gasteiger charge is 2.45. The number of amides is 1. The molecule has 4 heteroatoms. The van der Waals surface area contributed by atoms with Crippen molar-refractivity contribution in [1.29, 1.82) is 0 Å². The minimum absolute atomic E-state index is 0.165. The van der Waals surface area contributed by atoms with E-state index in [1.165, 1.54) is 0 Å². The molecule has 2 bridgehead atoms. The summed E-state index contributed by atoms with van der Waals surface area (Å²) in [6.07, 6.45) is 5.85. The third-order valence-corrected chi connectivity index (χ3v) is 3.74. The molecule has 0 saturated carbocycles. The molecular formula is C15H25NO3. The van der Waals surface area contributed by atoms with Crippen LogP contribution in [0.3, 0.4) is 0 Å². The van der Waals surface area contributed by atoms with Crippen LogP contribution in [-0.4, -0.2) is 41.4 Å². The van der Waals surface area contributed by atoms with Crippen molar-refractivity contribution in [3.8, 4) is 0 Å². The first-order valence-corrected chi connectivity index (χ1v) is 7.14. The number of rotatable bonds is 3. The van der Waals surface area contributed by atoms with Gasteiger partial charge in [0.2, 0.25) is 0 Å². The zero-order valence-corrected chi connectivity index (χ0v) is 12.2. The number of ether oxygens (including phenoxy) is 2. The highest BCUT2D eigenvalue weighted by molar-refractivity contribution is 5.69. The maximum Gasteiger partial charge on any atom is 0.410 e. The highest BCUT2D eigenvalue weighted by atomic mass is 16.6. The van der Waals surface area contributed by atoms with Crippen LogP contribution in [0.1, 0.15) is 46.5 Å². The molecule has 3 atom stereocenters. The lowest BCUT2D eigenvalue weighted by atomic mass is 10.0. The Labute approximate surface area is 115 Å². The molecule has 0 aromatic heterocycles. The molecular weight excluding hydrogens is 242 g/mol. The lowest BCUT2D eigenvalue weighted by Gasteiger charge is -2.39. The molecule has 0 radical (unpaired) electrons. The molecule has 1 amide bonds. The van der Waals surface area contributed by atoms with Gasteiger partial charge in [-0.15, -0.1) is 6.58 Å². The summed E-state index contributed by atoms with van der Waals surface area (Å²) in [6, 6.07) is 0.562. The van der Waals surface area contributed by atoms with Crippen molar-refractivity contribution in [2.24, 2.45) is 0 Å². The van der Waals surface area contributed by atoms with Crippen molar-refractivity contribution in [2.75, 3.05) is 6.61 Å². The van der Waals surface area contributed by atoms with Gasteiger partial charge in [-0.1, -0.05) is 6.08 Å². The molecule has 108 valence electrons. The summed E-state index contributed by atoms with van der Waals surface area (Å²) in [5.41, 5.74) is -0.424. The quantitative estimate of drug-likeness (QED) is 0.737. The van der Waals surface area contributed by atoms with E-state index in [1.807, 2.05) is 25.7 Å². The number of carbonyl (C=O) groups is 1. The summed E-state index contributed by atoms with van der Waals surface area (Å²) in [4.78, 5) is 14.2. The second kappa shape index (κ2) is 5.53. The molecule has 2 rings (SSSR count). The second-order valence-electron chi connectivity index (χ2n) is 6.49. The predicted molar refractivity (Wildman–Crippen MR) is 74.1 cm³/mol. The summed E-state index contributed by atoms with van der Waals surface area (Å²) in [7, 11) is 0. The average Bonchev–Trinajstić information content (AvgIpc) is 2.56. The minimum atomic E-state index is -0.424. The number of hydrogen-bond acceptors (Lipinski definition) is 3. The summed E-state index contributed by atoms with van der Waals surface area (Å²) in [5.74, 6) is 0. The van der Waals surface area contributed by atoms with E-state index in [-0.39, 0.29) is 24.3 Å². The van der Waals surface area contributed by atoms with Gasteiger partial charge in [0.25, 0.3) is 0 Å². The largest absolute Gasteiger partial charge is 0.444 e. The van der Waals surface area contributed by atoms with Crippen molar-refractivity contribution in [3.05, 3.63) is 12.7 Å². The van der Waals surface area contributed by atoms with Gasteiger partial charge in [-0.2, -0.15) is 0 Å². The van der Waals surface area contributed by atoms with Crippen LogP contribution in [0, 0.1) is 0 Å². The molecule has 0 aliphatic carbocycles. The van der Waals surface area contributed by atoms with E-state index in [0.29, 0.717) is 6.61 Å². The van der Waals surface area contributed by atoms with Gasteiger partial charge in [0.05, 0.1) is 12.7 Å². The molecule has 0 spiro atoms. The van der Waals surface area contributed by atoms with Crippen LogP contribution in [0.2, 0.25) is 0 Å². The second-order valence-corrected chi connectivity index (χ2v) is 6.49. The van der Waals surface area contributed by atoms with E-state index in [4.69, 9.17) is 9.47 Å². The molecule has 2 saturated heterocycles. The molecule has 0 aromatic rings. The number of hydrogen-bond donors (Lipinski definition) is 0. The van der Waals surface area contributed by atoms with E-state index in [2.05, 4.69) is 6.58 Å².